The molecule has 0 heterocycles. The summed E-state index contributed by atoms with van der Waals surface area (Å²) in [6, 6.07) is 54.7. The summed E-state index contributed by atoms with van der Waals surface area (Å²) >= 11 is 0. The van der Waals surface area contributed by atoms with Gasteiger partial charge in [-0.1, -0.05) is 153 Å². The van der Waals surface area contributed by atoms with Gasteiger partial charge in [-0.05, 0) is 104 Å². The van der Waals surface area contributed by atoms with Gasteiger partial charge in [0.05, 0.1) is 0 Å². The van der Waals surface area contributed by atoms with Crippen LogP contribution < -0.4 is 0 Å². The SMILES string of the molecule is CC1(C)c2ccc(-c3ccc4ccc5cccc6ccc3c4c56)cc2-c2c1ccc1c(-c3cccc4ccccc34)cccc21. The summed E-state index contributed by atoms with van der Waals surface area (Å²) in [7, 11) is 0. The van der Waals surface area contributed by atoms with E-state index in [0.717, 1.165) is 0 Å². The molecule has 0 atom stereocenters. The van der Waals surface area contributed by atoms with E-state index in [1.54, 1.807) is 0 Å². The normalized spacial score (nSPS) is 13.7. The maximum absolute atomic E-state index is 2.47. The Bertz CT molecular complexity index is 2650. The average molecular weight is 571 g/mol. The highest BCUT2D eigenvalue weighted by Gasteiger charge is 2.37. The van der Waals surface area contributed by atoms with Crippen molar-refractivity contribution in [2.24, 2.45) is 0 Å². The van der Waals surface area contributed by atoms with Crippen LogP contribution in [0.5, 0.6) is 0 Å². The summed E-state index contributed by atoms with van der Waals surface area (Å²) in [5.74, 6) is 0. The van der Waals surface area contributed by atoms with Crippen LogP contribution in [0.3, 0.4) is 0 Å². The van der Waals surface area contributed by atoms with Crippen LogP contribution >= 0.6 is 0 Å². The van der Waals surface area contributed by atoms with Crippen LogP contribution in [0.4, 0.5) is 0 Å². The number of hydrogen-bond acceptors (Lipinski definition) is 0. The molecule has 1 aliphatic rings. The number of fused-ring (bicyclic) bond motifs is 6. The fraction of sp³-hybridized carbons (Fsp3) is 0.0667. The lowest BCUT2D eigenvalue weighted by atomic mass is 9.81. The topological polar surface area (TPSA) is 0 Å². The van der Waals surface area contributed by atoms with Gasteiger partial charge >= 0.3 is 0 Å². The molecule has 0 saturated heterocycles. The Balaban J connectivity index is 1.23. The Morgan fingerprint density at radius 1 is 0.356 bits per heavy atom. The molecule has 0 bridgehead atoms. The summed E-state index contributed by atoms with van der Waals surface area (Å²) < 4.78 is 0. The summed E-state index contributed by atoms with van der Waals surface area (Å²) in [5, 5.41) is 13.2. The molecular weight excluding hydrogens is 540 g/mol. The van der Waals surface area contributed by atoms with E-state index in [4.69, 9.17) is 0 Å². The first-order valence-corrected chi connectivity index (χ1v) is 15.9. The quantitative estimate of drug-likeness (QED) is 0.181. The largest absolute Gasteiger partial charge is 0.0616 e. The third-order valence-corrected chi connectivity index (χ3v) is 10.6. The molecule has 10 rings (SSSR count). The first-order chi connectivity index (χ1) is 22.1. The van der Waals surface area contributed by atoms with Gasteiger partial charge in [-0.15, -0.1) is 0 Å². The van der Waals surface area contributed by atoms with Gasteiger partial charge < -0.3 is 0 Å². The molecule has 0 unspecified atom stereocenters. The molecule has 0 aliphatic heterocycles. The summed E-state index contributed by atoms with van der Waals surface area (Å²) in [6.45, 7) is 4.77. The van der Waals surface area contributed by atoms with E-state index < -0.39 is 0 Å². The van der Waals surface area contributed by atoms with Crippen molar-refractivity contribution in [3.63, 3.8) is 0 Å². The molecule has 0 N–H and O–H groups in total. The molecular formula is C45H30. The Kier molecular flexibility index (Phi) is 4.88. The van der Waals surface area contributed by atoms with Gasteiger partial charge in [0.1, 0.15) is 0 Å². The van der Waals surface area contributed by atoms with Crippen molar-refractivity contribution in [1.82, 2.24) is 0 Å². The molecule has 0 heteroatoms. The Morgan fingerprint density at radius 3 is 1.82 bits per heavy atom. The summed E-state index contributed by atoms with van der Waals surface area (Å²) in [4.78, 5) is 0. The molecule has 9 aromatic carbocycles. The smallest absolute Gasteiger partial charge is 0.0159 e. The van der Waals surface area contributed by atoms with Crippen molar-refractivity contribution < 1.29 is 0 Å². The fourth-order valence-electron chi connectivity index (χ4n) is 8.46. The van der Waals surface area contributed by atoms with Gasteiger partial charge in [0.15, 0.2) is 0 Å². The molecule has 0 nitrogen and oxygen atoms in total. The minimum absolute atomic E-state index is 0.0739. The lowest BCUT2D eigenvalue weighted by Crippen LogP contribution is -2.14. The van der Waals surface area contributed by atoms with Crippen LogP contribution in [-0.2, 0) is 5.41 Å². The molecule has 0 spiro atoms. The van der Waals surface area contributed by atoms with E-state index in [1.807, 2.05) is 0 Å². The van der Waals surface area contributed by atoms with Crippen molar-refractivity contribution in [3.8, 4) is 33.4 Å². The zero-order chi connectivity index (χ0) is 29.9. The second-order valence-corrected chi connectivity index (χ2v) is 13.3. The summed E-state index contributed by atoms with van der Waals surface area (Å²) in [5.41, 5.74) is 10.6. The minimum Gasteiger partial charge on any atom is -0.0616 e. The number of hydrogen-bond donors (Lipinski definition) is 0. The zero-order valence-corrected chi connectivity index (χ0v) is 25.4. The third-order valence-electron chi connectivity index (χ3n) is 10.6. The van der Waals surface area contributed by atoms with Crippen LogP contribution in [0.2, 0.25) is 0 Å². The third kappa shape index (κ3) is 3.32. The van der Waals surface area contributed by atoms with E-state index in [0.29, 0.717) is 0 Å². The second kappa shape index (κ2) is 8.80. The maximum Gasteiger partial charge on any atom is 0.0159 e. The molecule has 0 amide bonds. The number of rotatable bonds is 2. The molecule has 45 heavy (non-hydrogen) atoms. The predicted molar refractivity (Wildman–Crippen MR) is 194 cm³/mol. The van der Waals surface area contributed by atoms with Crippen LogP contribution in [0, 0.1) is 0 Å². The van der Waals surface area contributed by atoms with Gasteiger partial charge in [-0.3, -0.25) is 0 Å². The van der Waals surface area contributed by atoms with Crippen molar-refractivity contribution in [1.29, 1.82) is 0 Å². The first kappa shape index (κ1) is 24.9. The van der Waals surface area contributed by atoms with Crippen molar-refractivity contribution >= 4 is 53.9 Å². The van der Waals surface area contributed by atoms with Gasteiger partial charge in [-0.2, -0.15) is 0 Å². The lowest BCUT2D eigenvalue weighted by molar-refractivity contribution is 0.661. The fourth-order valence-corrected chi connectivity index (χ4v) is 8.46. The summed E-state index contributed by atoms with van der Waals surface area (Å²) in [6.07, 6.45) is 0. The van der Waals surface area contributed by atoms with E-state index in [2.05, 4.69) is 159 Å². The van der Waals surface area contributed by atoms with E-state index in [1.165, 1.54) is 98.4 Å². The van der Waals surface area contributed by atoms with Crippen molar-refractivity contribution in [2.75, 3.05) is 0 Å². The Morgan fingerprint density at radius 2 is 0.956 bits per heavy atom. The van der Waals surface area contributed by atoms with Crippen LogP contribution in [0.25, 0.3) is 87.2 Å². The Labute approximate surface area is 262 Å². The number of benzene rings is 9. The van der Waals surface area contributed by atoms with Gasteiger partial charge in [-0.25, -0.2) is 0 Å². The average Bonchev–Trinajstić information content (AvgIpc) is 3.32. The monoisotopic (exact) mass is 570 g/mol. The first-order valence-electron chi connectivity index (χ1n) is 15.9. The highest BCUT2D eigenvalue weighted by Crippen LogP contribution is 2.53. The van der Waals surface area contributed by atoms with Gasteiger partial charge in [0.25, 0.3) is 0 Å². The van der Waals surface area contributed by atoms with Gasteiger partial charge in [0, 0.05) is 5.41 Å². The van der Waals surface area contributed by atoms with Gasteiger partial charge in [0.2, 0.25) is 0 Å². The van der Waals surface area contributed by atoms with Crippen molar-refractivity contribution in [3.05, 3.63) is 157 Å². The molecule has 0 aromatic heterocycles. The highest BCUT2D eigenvalue weighted by atomic mass is 14.4. The molecule has 9 aromatic rings. The standard InChI is InChI=1S/C45H30/c1-45(2)40-24-20-31(33-21-18-30-17-16-28-10-5-11-29-19-22-38(33)43(30)42(28)29)26-39(40)44-37-15-7-14-35(36(37)23-25-41(44)45)34-13-6-9-27-8-3-4-12-32(27)34/h3-26H,1-2H3. The molecule has 210 valence electrons. The van der Waals surface area contributed by atoms with Crippen LogP contribution in [-0.4, -0.2) is 0 Å². The minimum atomic E-state index is -0.0739. The molecule has 1 aliphatic carbocycles. The second-order valence-electron chi connectivity index (χ2n) is 13.3. The maximum atomic E-state index is 2.47. The molecule has 0 saturated carbocycles. The molecule has 0 fully saturated rings. The zero-order valence-electron chi connectivity index (χ0n) is 25.4. The van der Waals surface area contributed by atoms with Crippen LogP contribution in [0.1, 0.15) is 25.0 Å². The predicted octanol–water partition coefficient (Wildman–Crippen LogP) is 12.5. The van der Waals surface area contributed by atoms with Crippen molar-refractivity contribution in [2.45, 2.75) is 19.3 Å². The van der Waals surface area contributed by atoms with E-state index >= 15 is 0 Å². The lowest BCUT2D eigenvalue weighted by Gasteiger charge is -2.22. The van der Waals surface area contributed by atoms with E-state index in [9.17, 15) is 0 Å². The van der Waals surface area contributed by atoms with E-state index in [-0.39, 0.29) is 5.41 Å². The Hall–Kier alpha value is -5.46. The highest BCUT2D eigenvalue weighted by molar-refractivity contribution is 6.25. The molecule has 0 radical (unpaired) electrons. The van der Waals surface area contributed by atoms with Crippen LogP contribution in [0.15, 0.2) is 146 Å².